The second kappa shape index (κ2) is 8.42. The van der Waals surface area contributed by atoms with Gasteiger partial charge in [0.05, 0.1) is 12.1 Å². The van der Waals surface area contributed by atoms with Gasteiger partial charge in [0.1, 0.15) is 12.7 Å². The van der Waals surface area contributed by atoms with Crippen LogP contribution >= 0.6 is 0 Å². The summed E-state index contributed by atoms with van der Waals surface area (Å²) in [7, 11) is 0. The Balaban J connectivity index is 0.000000645. The first-order chi connectivity index (χ1) is 14.1. The topological polar surface area (TPSA) is 100 Å². The number of carboxylic acid groups (broad SMARTS) is 1. The molecule has 2 N–H and O–H groups in total. The summed E-state index contributed by atoms with van der Waals surface area (Å²) in [6.45, 7) is 2.48. The molecule has 8 nitrogen and oxygen atoms in total. The van der Waals surface area contributed by atoms with Crippen LogP contribution in [0.25, 0.3) is 0 Å². The van der Waals surface area contributed by atoms with E-state index in [1.54, 1.807) is 6.33 Å². The quantitative estimate of drug-likeness (QED) is 0.746. The van der Waals surface area contributed by atoms with Crippen molar-refractivity contribution in [2.45, 2.75) is 75.3 Å². The van der Waals surface area contributed by atoms with Crippen LogP contribution in [0.3, 0.4) is 0 Å². The first kappa shape index (κ1) is 20.3. The highest BCUT2D eigenvalue weighted by Crippen LogP contribution is 2.60. The third-order valence-corrected chi connectivity index (χ3v) is 7.41. The number of rotatable bonds is 4. The summed E-state index contributed by atoms with van der Waals surface area (Å²) in [6, 6.07) is 0. The molecule has 1 amide bonds. The lowest BCUT2D eigenvalue weighted by Gasteiger charge is -2.61. The van der Waals surface area contributed by atoms with Gasteiger partial charge in [0, 0.05) is 5.54 Å². The molecule has 1 aliphatic heterocycles. The fraction of sp³-hybridized carbons (Fsp3) is 0.810. The average molecular weight is 404 g/mol. The van der Waals surface area contributed by atoms with Crippen LogP contribution in [0.4, 0.5) is 0 Å². The molecule has 1 aromatic rings. The van der Waals surface area contributed by atoms with Gasteiger partial charge in [0.2, 0.25) is 5.91 Å². The zero-order chi connectivity index (χ0) is 20.3. The SMILES string of the molecule is O=C(CN1CCCCCC1)NC12CC3CC(C1)CC(n1cncn1)(C3)C2.O=CO. The first-order valence-corrected chi connectivity index (χ1v) is 11.0. The molecule has 5 aliphatic rings. The summed E-state index contributed by atoms with van der Waals surface area (Å²) in [5.41, 5.74) is 0.0649. The van der Waals surface area contributed by atoms with Crippen LogP contribution < -0.4 is 5.32 Å². The summed E-state index contributed by atoms with van der Waals surface area (Å²) < 4.78 is 2.11. The molecule has 29 heavy (non-hydrogen) atoms. The third kappa shape index (κ3) is 4.32. The highest BCUT2D eigenvalue weighted by Gasteiger charge is 2.59. The fourth-order valence-corrected chi connectivity index (χ4v) is 6.91. The number of aromatic nitrogens is 3. The predicted molar refractivity (Wildman–Crippen MR) is 107 cm³/mol. The molecular formula is C21H33N5O3. The average Bonchev–Trinajstić information content (AvgIpc) is 3.08. The largest absolute Gasteiger partial charge is 0.483 e. The zero-order valence-corrected chi connectivity index (χ0v) is 17.1. The summed E-state index contributed by atoms with van der Waals surface area (Å²) in [5.74, 6) is 1.68. The van der Waals surface area contributed by atoms with E-state index in [0.29, 0.717) is 6.54 Å². The molecule has 2 unspecified atom stereocenters. The van der Waals surface area contributed by atoms with E-state index >= 15 is 0 Å². The Morgan fingerprint density at radius 1 is 1.14 bits per heavy atom. The minimum Gasteiger partial charge on any atom is -0.483 e. The molecule has 0 radical (unpaired) electrons. The lowest BCUT2D eigenvalue weighted by Crippen LogP contribution is -2.66. The maximum atomic E-state index is 12.9. The van der Waals surface area contributed by atoms with Crippen molar-refractivity contribution in [3.63, 3.8) is 0 Å². The molecule has 160 valence electrons. The number of nitrogens with one attached hydrogen (secondary N) is 1. The lowest BCUT2D eigenvalue weighted by molar-refractivity contribution is -0.131. The summed E-state index contributed by atoms with van der Waals surface area (Å²) >= 11 is 0. The number of hydrogen-bond donors (Lipinski definition) is 2. The molecule has 0 aromatic carbocycles. The molecule has 2 heterocycles. The Morgan fingerprint density at radius 3 is 2.38 bits per heavy atom. The van der Waals surface area contributed by atoms with E-state index in [9.17, 15) is 4.79 Å². The maximum absolute atomic E-state index is 12.9. The van der Waals surface area contributed by atoms with Gasteiger partial charge in [-0.15, -0.1) is 0 Å². The van der Waals surface area contributed by atoms with Crippen LogP contribution in [0.15, 0.2) is 12.7 Å². The van der Waals surface area contributed by atoms with Gasteiger partial charge in [-0.1, -0.05) is 12.8 Å². The van der Waals surface area contributed by atoms with Crippen LogP contribution in [-0.2, 0) is 15.1 Å². The number of carbonyl (C=O) groups is 2. The Labute approximate surface area is 172 Å². The van der Waals surface area contributed by atoms with E-state index in [1.165, 1.54) is 44.9 Å². The van der Waals surface area contributed by atoms with Gasteiger partial charge in [-0.25, -0.2) is 9.67 Å². The van der Waals surface area contributed by atoms with Crippen LogP contribution in [0.5, 0.6) is 0 Å². The summed E-state index contributed by atoms with van der Waals surface area (Å²) in [5, 5.41) is 14.9. The second-order valence-corrected chi connectivity index (χ2v) is 9.65. The Morgan fingerprint density at radius 2 is 1.79 bits per heavy atom. The van der Waals surface area contributed by atoms with E-state index in [1.807, 2.05) is 6.33 Å². The van der Waals surface area contributed by atoms with Gasteiger partial charge in [0.15, 0.2) is 0 Å². The molecule has 8 heteroatoms. The van der Waals surface area contributed by atoms with Gasteiger partial charge in [0.25, 0.3) is 6.47 Å². The second-order valence-electron chi connectivity index (χ2n) is 9.65. The van der Waals surface area contributed by atoms with Crippen LogP contribution in [0.1, 0.15) is 64.2 Å². The number of hydrogen-bond acceptors (Lipinski definition) is 5. The van der Waals surface area contributed by atoms with Crippen LogP contribution in [0, 0.1) is 11.8 Å². The number of amides is 1. The molecule has 4 bridgehead atoms. The zero-order valence-electron chi connectivity index (χ0n) is 17.1. The standard InChI is InChI=1S/C20H31N5O.CH2O2/c26-18(12-24-5-3-1-2-4-6-24)23-19-8-16-7-17(9-19)11-20(10-16,13-19)25-15-21-14-22-25;2-1-3/h14-17H,1-13H2,(H,23,26);1H,(H,2,3). The van der Waals surface area contributed by atoms with Crippen molar-refractivity contribution in [1.82, 2.24) is 25.0 Å². The minimum atomic E-state index is -0.250. The molecule has 4 aliphatic carbocycles. The van der Waals surface area contributed by atoms with Gasteiger partial charge >= 0.3 is 0 Å². The maximum Gasteiger partial charge on any atom is 0.290 e. The monoisotopic (exact) mass is 403 g/mol. The molecule has 1 saturated heterocycles. The highest BCUT2D eigenvalue weighted by atomic mass is 16.3. The number of carbonyl (C=O) groups excluding carboxylic acids is 1. The Hall–Kier alpha value is -1.96. The van der Waals surface area contributed by atoms with Crippen LogP contribution in [0.2, 0.25) is 0 Å². The van der Waals surface area contributed by atoms with E-state index < -0.39 is 0 Å². The van der Waals surface area contributed by atoms with Crippen LogP contribution in [-0.4, -0.2) is 62.3 Å². The lowest BCUT2D eigenvalue weighted by atomic mass is 9.50. The summed E-state index contributed by atoms with van der Waals surface area (Å²) in [4.78, 5) is 27.8. The molecule has 6 rings (SSSR count). The Bertz CT molecular complexity index is 685. The molecule has 5 fully saturated rings. The van der Waals surface area contributed by atoms with Crippen molar-refractivity contribution >= 4 is 12.4 Å². The Kier molecular flexibility index (Phi) is 5.90. The molecular weight excluding hydrogens is 370 g/mol. The first-order valence-electron chi connectivity index (χ1n) is 11.0. The van der Waals surface area contributed by atoms with Crippen molar-refractivity contribution in [1.29, 1.82) is 0 Å². The van der Waals surface area contributed by atoms with Crippen molar-refractivity contribution in [2.24, 2.45) is 11.8 Å². The third-order valence-electron chi connectivity index (χ3n) is 7.41. The van der Waals surface area contributed by atoms with Crippen molar-refractivity contribution in [2.75, 3.05) is 19.6 Å². The van der Waals surface area contributed by atoms with E-state index in [0.717, 1.165) is 44.2 Å². The molecule has 0 spiro atoms. The van der Waals surface area contributed by atoms with E-state index in [2.05, 4.69) is 25.0 Å². The highest BCUT2D eigenvalue weighted by molar-refractivity contribution is 5.79. The predicted octanol–water partition coefficient (Wildman–Crippen LogP) is 2.02. The van der Waals surface area contributed by atoms with Gasteiger partial charge in [-0.2, -0.15) is 5.10 Å². The molecule has 4 saturated carbocycles. The number of likely N-dealkylation sites (tertiary alicyclic amines) is 1. The molecule has 1 aromatic heterocycles. The van der Waals surface area contributed by atoms with E-state index in [-0.39, 0.29) is 23.5 Å². The van der Waals surface area contributed by atoms with Crippen molar-refractivity contribution in [3.8, 4) is 0 Å². The normalized spacial score (nSPS) is 36.0. The number of nitrogens with zero attached hydrogens (tertiary/aromatic N) is 4. The van der Waals surface area contributed by atoms with Gasteiger partial charge < -0.3 is 10.4 Å². The smallest absolute Gasteiger partial charge is 0.290 e. The van der Waals surface area contributed by atoms with Gasteiger partial charge in [-0.05, 0) is 76.3 Å². The van der Waals surface area contributed by atoms with Crippen molar-refractivity contribution < 1.29 is 14.7 Å². The minimum absolute atomic E-state index is 0.0149. The van der Waals surface area contributed by atoms with Crippen molar-refractivity contribution in [3.05, 3.63) is 12.7 Å². The molecule has 2 atom stereocenters. The fourth-order valence-electron chi connectivity index (χ4n) is 6.91. The van der Waals surface area contributed by atoms with Gasteiger partial charge in [-0.3, -0.25) is 14.5 Å². The van der Waals surface area contributed by atoms with E-state index in [4.69, 9.17) is 9.90 Å². The summed E-state index contributed by atoms with van der Waals surface area (Å²) in [6.07, 6.45) is 15.7.